The van der Waals surface area contributed by atoms with Gasteiger partial charge in [0.2, 0.25) is 0 Å². The maximum Gasteiger partial charge on any atom is 0.485 e. The Morgan fingerprint density at radius 2 is 1.47 bits per heavy atom. The highest BCUT2D eigenvalue weighted by molar-refractivity contribution is 5.48. The molecule has 2 aromatic carbocycles. The van der Waals surface area contributed by atoms with Gasteiger partial charge in [0.25, 0.3) is 0 Å². The second-order valence-electron chi connectivity index (χ2n) is 4.02. The number of hydrogen-bond donors (Lipinski definition) is 1. The first kappa shape index (κ1) is 13.3. The average molecular weight is 267 g/mol. The van der Waals surface area contributed by atoms with Crippen LogP contribution in [-0.2, 0) is 6.54 Å². The quantitative estimate of drug-likeness (QED) is 0.852. The molecule has 0 aliphatic rings. The zero-order chi connectivity index (χ0) is 13.9. The van der Waals surface area contributed by atoms with Crippen LogP contribution in [0.4, 0.5) is 18.9 Å². The minimum atomic E-state index is -4.51. The monoisotopic (exact) mass is 267 g/mol. The minimum Gasteiger partial charge on any atom is -0.508 e. The van der Waals surface area contributed by atoms with E-state index in [4.69, 9.17) is 0 Å². The highest BCUT2D eigenvalue weighted by Gasteiger charge is 2.37. The number of hydrogen-bond acceptors (Lipinski definition) is 2. The van der Waals surface area contributed by atoms with E-state index >= 15 is 0 Å². The van der Waals surface area contributed by atoms with Crippen molar-refractivity contribution in [1.29, 1.82) is 0 Å². The molecule has 0 amide bonds. The number of rotatable bonds is 3. The molecule has 0 unspecified atom stereocenters. The molecule has 19 heavy (non-hydrogen) atoms. The van der Waals surface area contributed by atoms with Gasteiger partial charge in [-0.3, -0.25) is 4.90 Å². The molecule has 0 saturated carbocycles. The second kappa shape index (κ2) is 5.22. The Kier molecular flexibility index (Phi) is 3.64. The van der Waals surface area contributed by atoms with E-state index in [1.165, 1.54) is 24.3 Å². The fraction of sp³-hybridized carbons (Fsp3) is 0.143. The van der Waals surface area contributed by atoms with Crippen molar-refractivity contribution >= 4 is 5.69 Å². The molecule has 100 valence electrons. The number of benzene rings is 2. The highest BCUT2D eigenvalue weighted by atomic mass is 19.4. The van der Waals surface area contributed by atoms with Gasteiger partial charge in [-0.2, -0.15) is 13.2 Å². The molecular formula is C14H12F3NO. The molecule has 5 heteroatoms. The van der Waals surface area contributed by atoms with Crippen molar-refractivity contribution in [2.45, 2.75) is 12.8 Å². The van der Waals surface area contributed by atoms with Gasteiger partial charge >= 0.3 is 6.30 Å². The van der Waals surface area contributed by atoms with Gasteiger partial charge in [-0.15, -0.1) is 0 Å². The number of halogens is 3. The van der Waals surface area contributed by atoms with E-state index in [0.29, 0.717) is 4.90 Å². The van der Waals surface area contributed by atoms with E-state index < -0.39 is 12.8 Å². The SMILES string of the molecule is Oc1ccccc1CN(c1ccccc1)C(F)(F)F. The van der Waals surface area contributed by atoms with Gasteiger partial charge in [0.05, 0.1) is 6.54 Å². The van der Waals surface area contributed by atoms with Crippen molar-refractivity contribution < 1.29 is 18.3 Å². The number of aromatic hydroxyl groups is 1. The molecule has 0 aromatic heterocycles. The van der Waals surface area contributed by atoms with Crippen LogP contribution in [0.2, 0.25) is 0 Å². The Hall–Kier alpha value is -2.17. The van der Waals surface area contributed by atoms with Gasteiger partial charge in [-0.05, 0) is 18.2 Å². The molecular weight excluding hydrogens is 255 g/mol. The maximum atomic E-state index is 13.1. The van der Waals surface area contributed by atoms with Gasteiger partial charge in [-0.25, -0.2) is 0 Å². The van der Waals surface area contributed by atoms with Crippen molar-refractivity contribution in [3.05, 3.63) is 60.2 Å². The normalized spacial score (nSPS) is 11.3. The molecule has 0 saturated heterocycles. The molecule has 1 N–H and O–H groups in total. The van der Waals surface area contributed by atoms with Crippen molar-refractivity contribution in [2.24, 2.45) is 0 Å². The lowest BCUT2D eigenvalue weighted by Crippen LogP contribution is -2.37. The van der Waals surface area contributed by atoms with Crippen molar-refractivity contribution in [1.82, 2.24) is 0 Å². The van der Waals surface area contributed by atoms with E-state index in [1.807, 2.05) is 0 Å². The first-order valence-corrected chi connectivity index (χ1v) is 5.65. The van der Waals surface area contributed by atoms with Crippen LogP contribution in [0.25, 0.3) is 0 Å². The number of phenols is 1. The minimum absolute atomic E-state index is 0.0400. The summed E-state index contributed by atoms with van der Waals surface area (Å²) in [5, 5.41) is 9.58. The lowest BCUT2D eigenvalue weighted by Gasteiger charge is -2.27. The van der Waals surface area contributed by atoms with E-state index in [-0.39, 0.29) is 17.0 Å². The predicted molar refractivity (Wildman–Crippen MR) is 66.8 cm³/mol. The standard InChI is InChI=1S/C14H12F3NO/c15-14(16,17)18(12-7-2-1-3-8-12)10-11-6-4-5-9-13(11)19/h1-9,19H,10H2. The number of phenolic OH excluding ortho intramolecular Hbond substituents is 1. The van der Waals surface area contributed by atoms with E-state index in [9.17, 15) is 18.3 Å². The van der Waals surface area contributed by atoms with Crippen LogP contribution in [0, 0.1) is 0 Å². The number of para-hydroxylation sites is 2. The summed E-state index contributed by atoms with van der Waals surface area (Å²) in [4.78, 5) is 0.294. The predicted octanol–water partition coefficient (Wildman–Crippen LogP) is 3.92. The summed E-state index contributed by atoms with van der Waals surface area (Å²) in [6.45, 7) is -0.430. The Labute approximate surface area is 108 Å². The van der Waals surface area contributed by atoms with Crippen LogP contribution in [-0.4, -0.2) is 11.4 Å². The highest BCUT2D eigenvalue weighted by Crippen LogP contribution is 2.31. The summed E-state index contributed by atoms with van der Waals surface area (Å²) >= 11 is 0. The molecule has 0 aliphatic carbocycles. The summed E-state index contributed by atoms with van der Waals surface area (Å²) < 4.78 is 39.2. The molecule has 2 rings (SSSR count). The smallest absolute Gasteiger partial charge is 0.485 e. The Morgan fingerprint density at radius 1 is 0.895 bits per heavy atom. The second-order valence-corrected chi connectivity index (χ2v) is 4.02. The number of alkyl halides is 3. The summed E-state index contributed by atoms with van der Waals surface area (Å²) in [7, 11) is 0. The molecule has 0 heterocycles. The average Bonchev–Trinajstić information content (AvgIpc) is 2.37. The molecule has 0 bridgehead atoms. The van der Waals surface area contributed by atoms with Crippen LogP contribution in [0.15, 0.2) is 54.6 Å². The molecule has 0 atom stereocenters. The van der Waals surface area contributed by atoms with Crippen molar-refractivity contribution in [3.8, 4) is 5.75 Å². The number of nitrogens with zero attached hydrogens (tertiary/aromatic N) is 1. The summed E-state index contributed by atoms with van der Waals surface area (Å²) in [6, 6.07) is 13.5. The van der Waals surface area contributed by atoms with Crippen LogP contribution in [0.5, 0.6) is 5.75 Å². The molecule has 2 nitrogen and oxygen atoms in total. The van der Waals surface area contributed by atoms with Gasteiger partial charge in [0.1, 0.15) is 5.75 Å². The zero-order valence-corrected chi connectivity index (χ0v) is 9.93. The summed E-state index contributed by atoms with van der Waals surface area (Å²) in [5.41, 5.74) is 0.266. The number of anilines is 1. The van der Waals surface area contributed by atoms with Gasteiger partial charge in [-0.1, -0.05) is 36.4 Å². The molecule has 0 aliphatic heterocycles. The van der Waals surface area contributed by atoms with Crippen LogP contribution in [0.3, 0.4) is 0 Å². The van der Waals surface area contributed by atoms with E-state index in [2.05, 4.69) is 0 Å². The Balaban J connectivity index is 2.33. The van der Waals surface area contributed by atoms with E-state index in [1.54, 1.807) is 30.3 Å². The lowest BCUT2D eigenvalue weighted by molar-refractivity contribution is -0.130. The zero-order valence-electron chi connectivity index (χ0n) is 9.93. The third kappa shape index (κ3) is 3.19. The van der Waals surface area contributed by atoms with Gasteiger partial charge in [0, 0.05) is 11.3 Å². The topological polar surface area (TPSA) is 23.5 Å². The molecule has 0 fully saturated rings. The fourth-order valence-electron chi connectivity index (χ4n) is 1.75. The lowest BCUT2D eigenvalue weighted by atomic mass is 10.2. The summed E-state index contributed by atoms with van der Waals surface area (Å²) in [5.74, 6) is -0.146. The Morgan fingerprint density at radius 3 is 2.05 bits per heavy atom. The first-order valence-electron chi connectivity index (χ1n) is 5.65. The summed E-state index contributed by atoms with van der Waals surface area (Å²) in [6.07, 6.45) is -4.51. The van der Waals surface area contributed by atoms with Crippen LogP contribution >= 0.6 is 0 Å². The first-order chi connectivity index (χ1) is 8.98. The van der Waals surface area contributed by atoms with Crippen LogP contribution in [0.1, 0.15) is 5.56 Å². The van der Waals surface area contributed by atoms with Crippen molar-refractivity contribution in [3.63, 3.8) is 0 Å². The van der Waals surface area contributed by atoms with Crippen molar-refractivity contribution in [2.75, 3.05) is 4.90 Å². The molecule has 0 radical (unpaired) electrons. The van der Waals surface area contributed by atoms with Gasteiger partial charge in [0.15, 0.2) is 0 Å². The largest absolute Gasteiger partial charge is 0.508 e. The van der Waals surface area contributed by atoms with Crippen LogP contribution < -0.4 is 4.90 Å². The molecule has 2 aromatic rings. The maximum absolute atomic E-state index is 13.1. The third-order valence-corrected chi connectivity index (χ3v) is 2.69. The Bertz CT molecular complexity index is 540. The fourth-order valence-corrected chi connectivity index (χ4v) is 1.75. The molecule has 0 spiro atoms. The van der Waals surface area contributed by atoms with Gasteiger partial charge < -0.3 is 5.11 Å². The van der Waals surface area contributed by atoms with E-state index in [0.717, 1.165) is 0 Å². The third-order valence-electron chi connectivity index (χ3n) is 2.69.